The van der Waals surface area contributed by atoms with Gasteiger partial charge < -0.3 is 5.32 Å². The molecule has 0 unspecified atom stereocenters. The maximum Gasteiger partial charge on any atom is 0.306 e. The number of halogens is 1. The molecule has 0 spiro atoms. The number of anilines is 1. The number of nitrogens with zero attached hydrogens (tertiary/aromatic N) is 5. The Kier molecular flexibility index (Phi) is 4.80. The zero-order valence-electron chi connectivity index (χ0n) is 13.8. The third kappa shape index (κ3) is 3.61. The molecule has 0 aliphatic heterocycles. The summed E-state index contributed by atoms with van der Waals surface area (Å²) in [6, 6.07) is 5.04. The number of aromatic nitrogens is 4. The maximum absolute atomic E-state index is 13.3. The first-order valence-electron chi connectivity index (χ1n) is 7.41. The molecule has 0 saturated heterocycles. The first kappa shape index (κ1) is 17.7. The van der Waals surface area contributed by atoms with Crippen LogP contribution in [0.1, 0.15) is 11.4 Å². The second kappa shape index (κ2) is 7.04. The number of nitro benzene ring substituents is 1. The molecular formula is C15H13FN6O3S. The van der Waals surface area contributed by atoms with Crippen LogP contribution >= 0.6 is 11.8 Å². The SMILES string of the molecule is Cc1cc(C)n2c(SCC(=O)Nc3ccc(F)c([N+](=O)[O-])c3)nnc2n1. The van der Waals surface area contributed by atoms with Crippen molar-refractivity contribution in [1.29, 1.82) is 0 Å². The summed E-state index contributed by atoms with van der Waals surface area (Å²) in [5, 5.41) is 21.7. The van der Waals surface area contributed by atoms with E-state index < -0.39 is 22.3 Å². The predicted molar refractivity (Wildman–Crippen MR) is 92.7 cm³/mol. The van der Waals surface area contributed by atoms with Crippen LogP contribution in [0.4, 0.5) is 15.8 Å². The molecule has 0 radical (unpaired) electrons. The van der Waals surface area contributed by atoms with Crippen molar-refractivity contribution >= 4 is 34.8 Å². The normalized spacial score (nSPS) is 10.9. The second-order valence-corrected chi connectivity index (χ2v) is 6.36. The van der Waals surface area contributed by atoms with Gasteiger partial charge >= 0.3 is 5.69 Å². The van der Waals surface area contributed by atoms with Crippen LogP contribution in [0.5, 0.6) is 0 Å². The van der Waals surface area contributed by atoms with Crippen molar-refractivity contribution in [3.8, 4) is 0 Å². The standard InChI is InChI=1S/C15H13FN6O3S/c1-8-5-9(2)21-14(17-8)19-20-15(21)26-7-13(23)18-10-3-4-11(16)12(6-10)22(24)25/h3-6H,7H2,1-2H3,(H,18,23). The van der Waals surface area contributed by atoms with Crippen LogP contribution in [-0.4, -0.2) is 36.2 Å². The summed E-state index contributed by atoms with van der Waals surface area (Å²) in [6.07, 6.45) is 0. The Hall–Kier alpha value is -3.08. The Morgan fingerprint density at radius 3 is 2.85 bits per heavy atom. The highest BCUT2D eigenvalue weighted by molar-refractivity contribution is 7.99. The van der Waals surface area contributed by atoms with Crippen molar-refractivity contribution in [1.82, 2.24) is 19.6 Å². The number of carbonyl (C=O) groups is 1. The zero-order chi connectivity index (χ0) is 18.8. The molecule has 26 heavy (non-hydrogen) atoms. The van der Waals surface area contributed by atoms with E-state index in [9.17, 15) is 19.3 Å². The van der Waals surface area contributed by atoms with Gasteiger partial charge in [0.05, 0.1) is 10.7 Å². The summed E-state index contributed by atoms with van der Waals surface area (Å²) < 4.78 is 15.1. The average molecular weight is 376 g/mol. The summed E-state index contributed by atoms with van der Waals surface area (Å²) in [7, 11) is 0. The highest BCUT2D eigenvalue weighted by atomic mass is 32.2. The van der Waals surface area contributed by atoms with Gasteiger partial charge in [-0.15, -0.1) is 10.2 Å². The van der Waals surface area contributed by atoms with E-state index in [1.165, 1.54) is 6.07 Å². The van der Waals surface area contributed by atoms with Crippen LogP contribution in [0, 0.1) is 29.8 Å². The van der Waals surface area contributed by atoms with Crippen molar-refractivity contribution < 1.29 is 14.1 Å². The van der Waals surface area contributed by atoms with E-state index in [-0.39, 0.29) is 11.4 Å². The summed E-state index contributed by atoms with van der Waals surface area (Å²) in [6.45, 7) is 3.73. The Morgan fingerprint density at radius 2 is 2.12 bits per heavy atom. The number of aryl methyl sites for hydroxylation is 2. The smallest absolute Gasteiger partial charge is 0.306 e. The summed E-state index contributed by atoms with van der Waals surface area (Å²) >= 11 is 1.15. The van der Waals surface area contributed by atoms with Gasteiger partial charge in [0.1, 0.15) is 0 Å². The molecule has 0 atom stereocenters. The Bertz CT molecular complexity index is 1020. The van der Waals surface area contributed by atoms with Crippen molar-refractivity contribution in [3.05, 3.63) is 51.6 Å². The fourth-order valence-electron chi connectivity index (χ4n) is 2.35. The molecule has 0 saturated carbocycles. The number of rotatable bonds is 5. The number of thioether (sulfide) groups is 1. The molecule has 2 heterocycles. The van der Waals surface area contributed by atoms with Gasteiger partial charge in [-0.1, -0.05) is 11.8 Å². The van der Waals surface area contributed by atoms with Crippen molar-refractivity contribution in [2.24, 2.45) is 0 Å². The van der Waals surface area contributed by atoms with Gasteiger partial charge in [-0.2, -0.15) is 4.39 Å². The van der Waals surface area contributed by atoms with Crippen LogP contribution < -0.4 is 5.32 Å². The molecule has 2 aromatic heterocycles. The quantitative estimate of drug-likeness (QED) is 0.413. The van der Waals surface area contributed by atoms with Gasteiger partial charge in [-0.05, 0) is 32.0 Å². The number of nitro groups is 1. The van der Waals surface area contributed by atoms with E-state index in [1.54, 1.807) is 4.40 Å². The fraction of sp³-hybridized carbons (Fsp3) is 0.200. The van der Waals surface area contributed by atoms with Crippen LogP contribution in [0.15, 0.2) is 29.4 Å². The van der Waals surface area contributed by atoms with Crippen LogP contribution in [0.2, 0.25) is 0 Å². The third-order valence-electron chi connectivity index (χ3n) is 3.42. The highest BCUT2D eigenvalue weighted by Crippen LogP contribution is 2.23. The molecule has 0 fully saturated rings. The third-order valence-corrected chi connectivity index (χ3v) is 4.35. The van der Waals surface area contributed by atoms with Gasteiger partial charge in [0.15, 0.2) is 5.16 Å². The van der Waals surface area contributed by atoms with E-state index in [0.29, 0.717) is 10.9 Å². The lowest BCUT2D eigenvalue weighted by atomic mass is 10.2. The Morgan fingerprint density at radius 1 is 1.35 bits per heavy atom. The van der Waals surface area contributed by atoms with Crippen molar-refractivity contribution in [2.45, 2.75) is 19.0 Å². The predicted octanol–water partition coefficient (Wildman–Crippen LogP) is 2.52. The van der Waals surface area contributed by atoms with E-state index in [4.69, 9.17) is 0 Å². The van der Waals surface area contributed by atoms with Gasteiger partial charge in [-0.3, -0.25) is 19.3 Å². The van der Waals surface area contributed by atoms with Gasteiger partial charge in [-0.25, -0.2) is 4.98 Å². The lowest BCUT2D eigenvalue weighted by Gasteiger charge is -2.06. The minimum atomic E-state index is -0.962. The maximum atomic E-state index is 13.3. The second-order valence-electron chi connectivity index (χ2n) is 5.42. The first-order chi connectivity index (χ1) is 12.3. The molecule has 1 N–H and O–H groups in total. The minimum Gasteiger partial charge on any atom is -0.325 e. The van der Waals surface area contributed by atoms with Gasteiger partial charge in [0, 0.05) is 23.1 Å². The summed E-state index contributed by atoms with van der Waals surface area (Å²) in [5.74, 6) is -0.931. The fourth-order valence-corrected chi connectivity index (χ4v) is 3.14. The molecule has 11 heteroatoms. The van der Waals surface area contributed by atoms with Gasteiger partial charge in [0.25, 0.3) is 5.78 Å². The molecule has 3 rings (SSSR count). The van der Waals surface area contributed by atoms with Crippen molar-refractivity contribution in [2.75, 3.05) is 11.1 Å². The lowest BCUT2D eigenvalue weighted by molar-refractivity contribution is -0.387. The average Bonchev–Trinajstić information content (AvgIpc) is 2.97. The van der Waals surface area contributed by atoms with Crippen LogP contribution in [0.3, 0.4) is 0 Å². The van der Waals surface area contributed by atoms with E-state index >= 15 is 0 Å². The molecular weight excluding hydrogens is 363 g/mol. The highest BCUT2D eigenvalue weighted by Gasteiger charge is 2.16. The van der Waals surface area contributed by atoms with Gasteiger partial charge in [0.2, 0.25) is 11.7 Å². The van der Waals surface area contributed by atoms with Crippen LogP contribution in [-0.2, 0) is 4.79 Å². The molecule has 0 aliphatic carbocycles. The van der Waals surface area contributed by atoms with E-state index in [2.05, 4.69) is 20.5 Å². The van der Waals surface area contributed by atoms with Crippen LogP contribution in [0.25, 0.3) is 5.78 Å². The number of hydrogen-bond acceptors (Lipinski definition) is 7. The zero-order valence-corrected chi connectivity index (χ0v) is 14.6. The number of hydrogen-bond donors (Lipinski definition) is 1. The molecule has 0 bridgehead atoms. The largest absolute Gasteiger partial charge is 0.325 e. The number of carbonyl (C=O) groups excluding carboxylic acids is 1. The van der Waals surface area contributed by atoms with E-state index in [1.807, 2.05) is 19.9 Å². The molecule has 134 valence electrons. The molecule has 0 aliphatic rings. The Labute approximate surface area is 150 Å². The molecule has 9 nitrogen and oxygen atoms in total. The molecule has 1 aromatic carbocycles. The number of nitrogens with one attached hydrogen (secondary N) is 1. The molecule has 1 amide bonds. The van der Waals surface area contributed by atoms with Crippen molar-refractivity contribution in [3.63, 3.8) is 0 Å². The molecule has 3 aromatic rings. The topological polar surface area (TPSA) is 115 Å². The van der Waals surface area contributed by atoms with E-state index in [0.717, 1.165) is 35.3 Å². The monoisotopic (exact) mass is 376 g/mol. The summed E-state index contributed by atoms with van der Waals surface area (Å²) in [5.41, 5.74) is 1.14. The lowest BCUT2D eigenvalue weighted by Crippen LogP contribution is -2.14. The minimum absolute atomic E-state index is 0.000711. The number of benzene rings is 1. The first-order valence-corrected chi connectivity index (χ1v) is 8.39. The number of fused-ring (bicyclic) bond motifs is 1. The Balaban J connectivity index is 1.70. The summed E-state index contributed by atoms with van der Waals surface area (Å²) in [4.78, 5) is 26.2. The number of amides is 1.